The molecule has 3 saturated heterocycles. The molecule has 6 heterocycles. The molecule has 1 aliphatic carbocycles. The summed E-state index contributed by atoms with van der Waals surface area (Å²) < 4.78 is 48.0. The highest BCUT2D eigenvalue weighted by Crippen LogP contribution is 2.36. The second-order valence-electron chi connectivity index (χ2n) is 15.5. The number of urea groups is 1. The molecular formula is C40H44F3N11O4. The summed E-state index contributed by atoms with van der Waals surface area (Å²) in [5.74, 6) is 1.29. The van der Waals surface area contributed by atoms with Crippen molar-refractivity contribution >= 4 is 40.4 Å². The molecule has 4 aliphatic rings. The minimum atomic E-state index is -4.65. The topological polar surface area (TPSA) is 174 Å². The highest BCUT2D eigenvalue weighted by molar-refractivity contribution is 6.08. The van der Waals surface area contributed by atoms with Crippen LogP contribution in [0, 0.1) is 17.2 Å². The lowest BCUT2D eigenvalue weighted by molar-refractivity contribution is -0.138. The fraction of sp³-hybridized carbons (Fsp3) is 0.500. The van der Waals surface area contributed by atoms with Gasteiger partial charge in [-0.25, -0.2) is 9.78 Å². The average molecular weight is 800 g/mol. The Kier molecular flexibility index (Phi) is 11.1. The summed E-state index contributed by atoms with van der Waals surface area (Å²) in [5.41, 5.74) is -0.303. The smallest absolute Gasteiger partial charge is 0.417 e. The standard InChI is InChI=1S/C40H44F3N11O4/c41-40(42,43)32-21-30(4-1-26(32)22-44)58-29-5-2-27(3-6-29)47-38(56)33-7-8-35(50-49-33)52-18-10-25(11-19-52)24-51-16-12-28(13-17-51)54-34-9-15-45-37(31(34)23-46-54)53-20-14-36(55)48-39(53)57/h1,4,7-9,15,21,23,25,27-29H,2-3,5-6,10-14,16-20,24H2,(H,47,56)(H,48,55,57)/t27-,29-. The molecule has 0 atom stereocenters. The van der Waals surface area contributed by atoms with E-state index >= 15 is 0 Å². The number of pyridine rings is 1. The fourth-order valence-electron chi connectivity index (χ4n) is 8.61. The first-order valence-corrected chi connectivity index (χ1v) is 19.9. The third-order valence-corrected chi connectivity index (χ3v) is 11.8. The molecule has 0 spiro atoms. The zero-order chi connectivity index (χ0) is 40.4. The minimum Gasteiger partial charge on any atom is -0.490 e. The van der Waals surface area contributed by atoms with Crippen molar-refractivity contribution in [3.05, 3.63) is 65.6 Å². The van der Waals surface area contributed by atoms with Gasteiger partial charge in [0.15, 0.2) is 11.5 Å². The number of piperidine rings is 2. The number of alkyl halides is 3. The number of carbonyl (C=O) groups is 3. The summed E-state index contributed by atoms with van der Waals surface area (Å²) in [5, 5.41) is 28.5. The molecule has 304 valence electrons. The first kappa shape index (κ1) is 39.0. The van der Waals surface area contributed by atoms with Crippen LogP contribution in [0.15, 0.2) is 48.8 Å². The fourth-order valence-corrected chi connectivity index (χ4v) is 8.61. The number of benzene rings is 1. The van der Waals surface area contributed by atoms with Gasteiger partial charge in [-0.1, -0.05) is 0 Å². The molecule has 18 heteroatoms. The van der Waals surface area contributed by atoms with E-state index in [1.54, 1.807) is 24.5 Å². The number of rotatable bonds is 9. The maximum Gasteiger partial charge on any atom is 0.417 e. The van der Waals surface area contributed by atoms with Gasteiger partial charge in [-0.2, -0.15) is 23.5 Å². The van der Waals surface area contributed by atoms with Crippen molar-refractivity contribution in [1.82, 2.24) is 40.5 Å². The molecule has 1 aromatic carbocycles. The molecule has 58 heavy (non-hydrogen) atoms. The minimum absolute atomic E-state index is 0.0680. The number of aromatic nitrogens is 5. The van der Waals surface area contributed by atoms with Crippen molar-refractivity contribution in [2.45, 2.75) is 82.2 Å². The van der Waals surface area contributed by atoms with Gasteiger partial charge in [0.1, 0.15) is 11.6 Å². The largest absolute Gasteiger partial charge is 0.490 e. The SMILES string of the molecule is N#Cc1ccc(O[C@H]2CC[C@H](NC(=O)c3ccc(N4CCC(CN5CCC(n6ncc7c(N8CCC(=O)NC8=O)nccc76)CC5)CC4)nn3)CC2)cc1C(F)(F)F. The van der Waals surface area contributed by atoms with Crippen LogP contribution in [0.4, 0.5) is 29.6 Å². The van der Waals surface area contributed by atoms with E-state index in [2.05, 4.69) is 40.3 Å². The summed E-state index contributed by atoms with van der Waals surface area (Å²) in [6.45, 7) is 4.96. The Bertz CT molecular complexity index is 2180. The van der Waals surface area contributed by atoms with E-state index in [4.69, 9.17) is 15.1 Å². The Labute approximate surface area is 332 Å². The molecule has 0 bridgehead atoms. The summed E-state index contributed by atoms with van der Waals surface area (Å²) in [7, 11) is 0. The maximum absolute atomic E-state index is 13.4. The second-order valence-corrected chi connectivity index (χ2v) is 15.5. The highest BCUT2D eigenvalue weighted by Gasteiger charge is 2.35. The van der Waals surface area contributed by atoms with E-state index in [0.29, 0.717) is 37.4 Å². The van der Waals surface area contributed by atoms with E-state index in [9.17, 15) is 27.6 Å². The summed E-state index contributed by atoms with van der Waals surface area (Å²) in [4.78, 5) is 47.9. The van der Waals surface area contributed by atoms with E-state index in [-0.39, 0.29) is 54.4 Å². The van der Waals surface area contributed by atoms with Crippen LogP contribution in [-0.4, -0.2) is 99.1 Å². The molecule has 8 rings (SSSR count). The summed E-state index contributed by atoms with van der Waals surface area (Å²) in [6.07, 6.45) is 5.04. The van der Waals surface area contributed by atoms with Gasteiger partial charge in [-0.05, 0) is 93.7 Å². The summed E-state index contributed by atoms with van der Waals surface area (Å²) in [6, 6.07) is 10.1. The van der Waals surface area contributed by atoms with Crippen molar-refractivity contribution in [1.29, 1.82) is 5.26 Å². The number of carbonyl (C=O) groups excluding carboxylic acids is 3. The van der Waals surface area contributed by atoms with Gasteiger partial charge in [0.2, 0.25) is 5.91 Å². The molecule has 0 radical (unpaired) electrons. The molecule has 3 aliphatic heterocycles. The predicted molar refractivity (Wildman–Crippen MR) is 205 cm³/mol. The quantitative estimate of drug-likeness (QED) is 0.227. The van der Waals surface area contributed by atoms with E-state index < -0.39 is 23.3 Å². The van der Waals surface area contributed by atoms with Crippen molar-refractivity contribution in [3.63, 3.8) is 0 Å². The highest BCUT2D eigenvalue weighted by atomic mass is 19.4. The van der Waals surface area contributed by atoms with Crippen molar-refractivity contribution < 1.29 is 32.3 Å². The molecule has 0 unspecified atom stereocenters. The third-order valence-electron chi connectivity index (χ3n) is 11.8. The van der Waals surface area contributed by atoms with E-state index in [0.717, 1.165) is 87.3 Å². The van der Waals surface area contributed by atoms with Crippen LogP contribution in [0.25, 0.3) is 10.9 Å². The first-order valence-electron chi connectivity index (χ1n) is 19.9. The van der Waals surface area contributed by atoms with Gasteiger partial charge in [0.25, 0.3) is 5.91 Å². The molecule has 4 fully saturated rings. The zero-order valence-corrected chi connectivity index (χ0v) is 31.8. The molecule has 2 N–H and O–H groups in total. The number of ether oxygens (including phenoxy) is 1. The Balaban J connectivity index is 0.759. The number of hydrogen-bond donors (Lipinski definition) is 2. The van der Waals surface area contributed by atoms with Crippen LogP contribution in [0.5, 0.6) is 5.75 Å². The molecule has 1 saturated carbocycles. The Morgan fingerprint density at radius 3 is 2.41 bits per heavy atom. The predicted octanol–water partition coefficient (Wildman–Crippen LogP) is 5.23. The number of amides is 4. The molecule has 15 nitrogen and oxygen atoms in total. The molecule has 4 amide bonds. The van der Waals surface area contributed by atoms with Crippen LogP contribution in [0.3, 0.4) is 0 Å². The molecule has 3 aromatic heterocycles. The lowest BCUT2D eigenvalue weighted by Crippen LogP contribution is -2.49. The second kappa shape index (κ2) is 16.6. The van der Waals surface area contributed by atoms with Gasteiger partial charge in [-0.15, -0.1) is 10.2 Å². The Morgan fingerprint density at radius 2 is 1.72 bits per heavy atom. The van der Waals surface area contributed by atoms with Gasteiger partial charge in [0.05, 0.1) is 46.4 Å². The number of halogens is 3. The number of nitrogens with zero attached hydrogens (tertiary/aromatic N) is 9. The van der Waals surface area contributed by atoms with Gasteiger partial charge >= 0.3 is 12.2 Å². The average Bonchev–Trinajstić information content (AvgIpc) is 3.67. The maximum atomic E-state index is 13.4. The van der Waals surface area contributed by atoms with Crippen molar-refractivity contribution in [2.75, 3.05) is 49.1 Å². The van der Waals surface area contributed by atoms with E-state index in [1.807, 2.05) is 12.1 Å². The van der Waals surface area contributed by atoms with Crippen LogP contribution in [0.1, 0.15) is 85.4 Å². The van der Waals surface area contributed by atoms with Crippen LogP contribution >= 0.6 is 0 Å². The van der Waals surface area contributed by atoms with Crippen LogP contribution in [-0.2, 0) is 11.0 Å². The van der Waals surface area contributed by atoms with Crippen molar-refractivity contribution in [2.24, 2.45) is 5.92 Å². The van der Waals surface area contributed by atoms with Gasteiger partial charge in [0, 0.05) is 57.9 Å². The number of imide groups is 1. The van der Waals surface area contributed by atoms with E-state index in [1.165, 1.54) is 11.0 Å². The van der Waals surface area contributed by atoms with Crippen LogP contribution in [0.2, 0.25) is 0 Å². The van der Waals surface area contributed by atoms with Crippen molar-refractivity contribution in [3.8, 4) is 11.8 Å². The third kappa shape index (κ3) is 8.54. The lowest BCUT2D eigenvalue weighted by atomic mass is 9.92. The number of hydrogen-bond acceptors (Lipinski definition) is 11. The monoisotopic (exact) mass is 799 g/mol. The zero-order valence-electron chi connectivity index (χ0n) is 31.8. The lowest BCUT2D eigenvalue weighted by Gasteiger charge is -2.38. The number of likely N-dealkylation sites (tertiary alicyclic amines) is 1. The molecule has 4 aromatic rings. The number of fused-ring (bicyclic) bond motifs is 1. The Morgan fingerprint density at radius 1 is 0.948 bits per heavy atom. The number of nitrogens with one attached hydrogen (secondary N) is 2. The Hall–Kier alpha value is -5.83. The first-order chi connectivity index (χ1) is 28.0. The number of nitriles is 1. The normalized spacial score (nSPS) is 21.5. The summed E-state index contributed by atoms with van der Waals surface area (Å²) >= 11 is 0. The van der Waals surface area contributed by atoms with Crippen LogP contribution < -0.4 is 25.2 Å². The number of anilines is 2. The molecular weight excluding hydrogens is 756 g/mol. The van der Waals surface area contributed by atoms with Gasteiger partial charge in [-0.3, -0.25) is 24.5 Å². The van der Waals surface area contributed by atoms with Gasteiger partial charge < -0.3 is 19.9 Å².